The Morgan fingerprint density at radius 3 is 2.45 bits per heavy atom. The van der Waals surface area contributed by atoms with Crippen molar-refractivity contribution in [2.45, 2.75) is 75.5 Å². The lowest BCUT2D eigenvalue weighted by Crippen LogP contribution is -2.45. The molecule has 9 nitrogen and oxygen atoms in total. The number of aliphatic hydroxyl groups is 1. The smallest absolute Gasteiger partial charge is 0.264 e. The van der Waals surface area contributed by atoms with Crippen molar-refractivity contribution in [2.24, 2.45) is 5.92 Å². The first-order chi connectivity index (χ1) is 25.6. The number of rotatable bonds is 10. The number of aryl methyl sites for hydroxylation is 2. The zero-order valence-corrected chi connectivity index (χ0v) is 31.2. The van der Waals surface area contributed by atoms with Gasteiger partial charge in [0.25, 0.3) is 5.91 Å². The van der Waals surface area contributed by atoms with Crippen molar-refractivity contribution in [3.63, 3.8) is 0 Å². The van der Waals surface area contributed by atoms with Crippen molar-refractivity contribution in [1.29, 1.82) is 0 Å². The van der Waals surface area contributed by atoms with Crippen LogP contribution in [0.5, 0.6) is 0 Å². The van der Waals surface area contributed by atoms with E-state index in [2.05, 4.69) is 16.4 Å². The molecule has 1 unspecified atom stereocenters. The van der Waals surface area contributed by atoms with Gasteiger partial charge in [0.15, 0.2) is 5.60 Å². The molecule has 0 saturated carbocycles. The molecule has 1 fully saturated rings. The maximum atomic E-state index is 16.4. The third-order valence-corrected chi connectivity index (χ3v) is 13.9. The van der Waals surface area contributed by atoms with E-state index in [9.17, 15) is 14.7 Å². The van der Waals surface area contributed by atoms with Gasteiger partial charge in [-0.3, -0.25) is 19.2 Å². The lowest BCUT2D eigenvalue weighted by atomic mass is 9.82. The molecule has 5 aromatic rings. The normalized spacial score (nSPS) is 23.1. The van der Waals surface area contributed by atoms with Crippen LogP contribution in [0, 0.1) is 5.92 Å². The Hall–Kier alpha value is -4.97. The number of benzene rings is 4. The number of amides is 2. The van der Waals surface area contributed by atoms with Gasteiger partial charge in [-0.25, -0.2) is 0 Å². The van der Waals surface area contributed by atoms with E-state index in [-0.39, 0.29) is 30.9 Å². The molecule has 1 N–H and O–H groups in total. The van der Waals surface area contributed by atoms with Crippen LogP contribution in [-0.2, 0) is 39.4 Å². The summed E-state index contributed by atoms with van der Waals surface area (Å²) in [6.07, 6.45) is 2.89. The van der Waals surface area contributed by atoms with Gasteiger partial charge in [0.1, 0.15) is 0 Å². The average Bonchev–Trinajstić information content (AvgIpc) is 3.82. The van der Waals surface area contributed by atoms with E-state index in [1.165, 1.54) is 0 Å². The molecule has 1 spiro atoms. The number of nitrogens with zero attached hydrogens (tertiary/aromatic N) is 5. The van der Waals surface area contributed by atoms with Gasteiger partial charge < -0.3 is 18.9 Å². The van der Waals surface area contributed by atoms with Crippen LogP contribution in [-0.4, -0.2) is 53.0 Å². The van der Waals surface area contributed by atoms with E-state index in [0.29, 0.717) is 31.5 Å². The van der Waals surface area contributed by atoms with Crippen LogP contribution in [0.4, 0.5) is 21.2 Å². The number of hydrogen-bond acceptors (Lipinski definition) is 6. The lowest BCUT2D eigenvalue weighted by molar-refractivity contribution is -0.146. The molecule has 0 radical (unpaired) electrons. The molecule has 4 heterocycles. The van der Waals surface area contributed by atoms with E-state index in [1.807, 2.05) is 110 Å². The number of ether oxygens (including phenoxy) is 1. The number of aromatic nitrogens is 3. The fourth-order valence-electron chi connectivity index (χ4n) is 9.01. The first-order valence-electron chi connectivity index (χ1n) is 18.4. The highest BCUT2D eigenvalue weighted by atomic mass is 28.4. The molecule has 1 saturated heterocycles. The fourth-order valence-corrected chi connectivity index (χ4v) is 11.6. The first kappa shape index (κ1) is 35.1. The fraction of sp³-hybridized carbons (Fsp3) is 0.333. The Morgan fingerprint density at radius 2 is 1.68 bits per heavy atom. The minimum absolute atomic E-state index is 0.0391. The summed E-state index contributed by atoms with van der Waals surface area (Å²) in [7, 11) is -3.37. The van der Waals surface area contributed by atoms with Gasteiger partial charge in [-0.2, -0.15) is 0 Å². The predicted molar refractivity (Wildman–Crippen MR) is 204 cm³/mol. The Morgan fingerprint density at radius 1 is 0.943 bits per heavy atom. The van der Waals surface area contributed by atoms with Crippen LogP contribution >= 0.6 is 0 Å². The second kappa shape index (κ2) is 13.8. The number of anilines is 3. The second-order valence-corrected chi connectivity index (χ2v) is 18.8. The summed E-state index contributed by atoms with van der Waals surface area (Å²) in [5, 5.41) is 18.9. The average molecular weight is 730 g/mol. The minimum atomic E-state index is -3.37. The molecule has 4 aromatic carbocycles. The molecule has 2 amide bonds. The third kappa shape index (κ3) is 6.10. The topological polar surface area (TPSA) is 101 Å². The molecule has 11 heteroatoms. The van der Waals surface area contributed by atoms with Crippen LogP contribution in [0.1, 0.15) is 53.6 Å². The summed E-state index contributed by atoms with van der Waals surface area (Å²) in [5.41, 5.74) is 4.96. The van der Waals surface area contributed by atoms with Crippen LogP contribution in [0.2, 0.25) is 18.6 Å². The van der Waals surface area contributed by atoms with Gasteiger partial charge in [0.2, 0.25) is 14.3 Å². The Labute approximate surface area is 310 Å². The molecule has 3 aliphatic heterocycles. The molecule has 8 rings (SSSR count). The molecular weight excluding hydrogens is 686 g/mol. The summed E-state index contributed by atoms with van der Waals surface area (Å²) in [6, 6.07) is 33.2. The van der Waals surface area contributed by atoms with Crippen molar-refractivity contribution < 1.29 is 23.5 Å². The quantitative estimate of drug-likeness (QED) is 0.119. The summed E-state index contributed by atoms with van der Waals surface area (Å²) in [5.74, 6) is -0.887. The highest BCUT2D eigenvalue weighted by molar-refractivity contribution is 6.72. The highest BCUT2D eigenvalue weighted by Gasteiger charge is 2.66. The van der Waals surface area contributed by atoms with E-state index >= 15 is 4.11 Å². The van der Waals surface area contributed by atoms with E-state index in [1.54, 1.807) is 27.6 Å². The highest BCUT2D eigenvalue weighted by Crippen LogP contribution is 2.60. The zero-order valence-electron chi connectivity index (χ0n) is 30.2. The van der Waals surface area contributed by atoms with Gasteiger partial charge in [-0.05, 0) is 66.9 Å². The Balaban J connectivity index is 1.07. The molecule has 1 aromatic heterocycles. The van der Waals surface area contributed by atoms with E-state index in [0.717, 1.165) is 39.3 Å². The number of fused-ring (bicyclic) bond motifs is 3. The van der Waals surface area contributed by atoms with Crippen molar-refractivity contribution in [2.75, 3.05) is 16.4 Å². The monoisotopic (exact) mass is 729 g/mol. The predicted octanol–water partition coefficient (Wildman–Crippen LogP) is 7.43. The van der Waals surface area contributed by atoms with Gasteiger partial charge in [0, 0.05) is 41.9 Å². The molecule has 0 bridgehead atoms. The van der Waals surface area contributed by atoms with Gasteiger partial charge in [0.05, 0.1) is 42.2 Å². The molecule has 5 atom stereocenters. The molecular formula is C42H44FN5O4Si. The van der Waals surface area contributed by atoms with Crippen molar-refractivity contribution in [3.8, 4) is 0 Å². The molecule has 3 aliphatic rings. The van der Waals surface area contributed by atoms with E-state index < -0.39 is 31.6 Å². The third-order valence-electron chi connectivity index (χ3n) is 11.4. The van der Waals surface area contributed by atoms with Crippen LogP contribution in [0.25, 0.3) is 0 Å². The number of hydrogen-bond donors (Lipinski definition) is 1. The summed E-state index contributed by atoms with van der Waals surface area (Å²) >= 11 is 0. The van der Waals surface area contributed by atoms with Crippen molar-refractivity contribution in [1.82, 2.24) is 15.0 Å². The molecule has 272 valence electrons. The minimum Gasteiger partial charge on any atom is -0.395 e. The van der Waals surface area contributed by atoms with Crippen LogP contribution in [0.15, 0.2) is 109 Å². The van der Waals surface area contributed by atoms with Crippen LogP contribution < -0.4 is 9.80 Å². The van der Waals surface area contributed by atoms with Gasteiger partial charge in [-0.15, -0.1) is 5.10 Å². The number of halogens is 1. The zero-order chi connectivity index (χ0) is 36.9. The second-order valence-electron chi connectivity index (χ2n) is 15.0. The largest absolute Gasteiger partial charge is 0.395 e. The maximum Gasteiger partial charge on any atom is 0.264 e. The summed E-state index contributed by atoms with van der Waals surface area (Å²) in [6.45, 7) is 5.96. The molecule has 0 aliphatic carbocycles. The van der Waals surface area contributed by atoms with Crippen molar-refractivity contribution >= 4 is 37.3 Å². The summed E-state index contributed by atoms with van der Waals surface area (Å²) in [4.78, 5) is 31.7. The van der Waals surface area contributed by atoms with E-state index in [4.69, 9.17) is 4.74 Å². The Kier molecular flexibility index (Phi) is 9.12. The number of carbonyl (C=O) groups is 2. The van der Waals surface area contributed by atoms with Gasteiger partial charge in [-0.1, -0.05) is 91.0 Å². The van der Waals surface area contributed by atoms with Crippen LogP contribution in [0.3, 0.4) is 0 Å². The Bertz CT molecular complexity index is 2150. The number of aliphatic hydroxyl groups excluding tert-OH is 1. The SMILES string of the molecule is C[C@@H]1[C@@H]([Si](C)(C)F)[C@H](CCn2cc(C(CO)c3ccccc3)nn2)O[C@@]12C(=O)N(Cc1cccc(N3C(=O)CCc4ccccc43)c1)c1ccccc12. The number of para-hydroxylation sites is 2. The number of carbonyl (C=O) groups excluding carboxylic acids is 2. The maximum absolute atomic E-state index is 16.4. The molecule has 53 heavy (non-hydrogen) atoms. The first-order valence-corrected chi connectivity index (χ1v) is 21.4. The lowest BCUT2D eigenvalue weighted by Gasteiger charge is -2.31. The van der Waals surface area contributed by atoms with Crippen molar-refractivity contribution in [3.05, 3.63) is 137 Å². The standard InChI is InChI=1S/C42H44FN5O4Si/c1-28-40(53(2,3)43)38(22-23-46-26-35(44-45-46)33(27-49)30-13-5-4-6-14-30)52-42(28)34-17-8-10-19-37(34)47(41(42)51)25-29-12-11-16-32(24-29)48-36-18-9-7-15-31(36)20-21-39(48)50/h4-19,24,26,28,33,38,40,49H,20-23,25,27H2,1-3H3/t28-,33?,38+,40-,42+/m1/s1. The summed E-state index contributed by atoms with van der Waals surface area (Å²) < 4.78 is 25.1. The van der Waals surface area contributed by atoms with Gasteiger partial charge >= 0.3 is 0 Å².